The summed E-state index contributed by atoms with van der Waals surface area (Å²) in [5.74, 6) is 2.53. The smallest absolute Gasteiger partial charge is 0.233 e. The summed E-state index contributed by atoms with van der Waals surface area (Å²) >= 11 is 0. The topological polar surface area (TPSA) is 35.0 Å². The fourth-order valence-corrected chi connectivity index (χ4v) is 4.76. The van der Waals surface area contributed by atoms with E-state index < -0.39 is 0 Å². The molecule has 1 fully saturated rings. The van der Waals surface area contributed by atoms with Crippen LogP contribution in [0, 0.1) is 11.8 Å². The summed E-state index contributed by atoms with van der Waals surface area (Å²) in [7, 11) is 0. The zero-order valence-electron chi connectivity index (χ0n) is 19.1. The summed E-state index contributed by atoms with van der Waals surface area (Å²) in [6.07, 6.45) is 17.0. The predicted octanol–water partition coefficient (Wildman–Crippen LogP) is 7.64. The maximum atomic E-state index is 5.37. The first-order valence-electron chi connectivity index (χ1n) is 12.3. The highest BCUT2D eigenvalue weighted by atomic mass is 16.5. The zero-order chi connectivity index (χ0) is 21.0. The van der Waals surface area contributed by atoms with Crippen molar-refractivity contribution in [2.45, 2.75) is 90.9 Å². The van der Waals surface area contributed by atoms with Gasteiger partial charge in [-0.05, 0) is 43.2 Å². The Morgan fingerprint density at radius 2 is 1.47 bits per heavy atom. The van der Waals surface area contributed by atoms with Crippen LogP contribution in [-0.4, -0.2) is 16.8 Å². The van der Waals surface area contributed by atoms with Crippen LogP contribution in [-0.2, 0) is 6.42 Å². The van der Waals surface area contributed by atoms with E-state index in [9.17, 15) is 0 Å². The normalized spacial score (nSPS) is 19.0. The van der Waals surface area contributed by atoms with Gasteiger partial charge in [0.05, 0.1) is 12.3 Å². The summed E-state index contributed by atoms with van der Waals surface area (Å²) in [5.41, 5.74) is 3.46. The highest BCUT2D eigenvalue weighted by Crippen LogP contribution is 2.34. The molecule has 3 heteroatoms. The first-order chi connectivity index (χ1) is 14.8. The maximum absolute atomic E-state index is 5.37. The number of hydrogen-bond acceptors (Lipinski definition) is 3. The van der Waals surface area contributed by atoms with Gasteiger partial charge in [0, 0.05) is 11.6 Å². The van der Waals surface area contributed by atoms with Gasteiger partial charge in [-0.15, -0.1) is 10.2 Å². The molecule has 0 aliphatic heterocycles. The van der Waals surface area contributed by atoms with Crippen molar-refractivity contribution in [3.8, 4) is 17.1 Å². The Balaban J connectivity index is 1.36. The lowest BCUT2D eigenvalue weighted by molar-refractivity contribution is 0.248. The van der Waals surface area contributed by atoms with E-state index in [1.165, 1.54) is 82.6 Å². The molecule has 1 saturated carbocycles. The molecule has 0 amide bonds. The molecule has 0 N–H and O–H groups in total. The minimum Gasteiger partial charge on any atom is -0.477 e. The Bertz CT molecular complexity index is 703. The lowest BCUT2D eigenvalue weighted by Gasteiger charge is -2.28. The largest absolute Gasteiger partial charge is 0.477 e. The van der Waals surface area contributed by atoms with Gasteiger partial charge in [0.1, 0.15) is 0 Å². The Morgan fingerprint density at radius 1 is 0.767 bits per heavy atom. The van der Waals surface area contributed by atoms with Crippen molar-refractivity contribution < 1.29 is 4.74 Å². The van der Waals surface area contributed by atoms with Crippen LogP contribution in [0.3, 0.4) is 0 Å². The summed E-state index contributed by atoms with van der Waals surface area (Å²) in [6, 6.07) is 12.7. The number of hydrogen-bond donors (Lipinski definition) is 0. The molecule has 0 unspecified atom stereocenters. The van der Waals surface area contributed by atoms with Crippen molar-refractivity contribution in [1.82, 2.24) is 10.2 Å². The van der Waals surface area contributed by atoms with Crippen LogP contribution >= 0.6 is 0 Å². The van der Waals surface area contributed by atoms with Crippen LogP contribution in [0.15, 0.2) is 36.4 Å². The minimum absolute atomic E-state index is 0.587. The standard InChI is InChI=1S/C27H40N2O/c1-3-5-6-7-8-9-22-10-12-23(13-11-22)14-15-24-16-18-25(19-17-24)26-20-21-27(29-28-26)30-4-2/h16-23H,3-15H2,1-2H3. The predicted molar refractivity (Wildman–Crippen MR) is 126 cm³/mol. The molecule has 1 aromatic carbocycles. The molecule has 1 aliphatic rings. The lowest BCUT2D eigenvalue weighted by atomic mass is 9.77. The minimum atomic E-state index is 0.587. The zero-order valence-corrected chi connectivity index (χ0v) is 19.1. The fourth-order valence-electron chi connectivity index (χ4n) is 4.76. The third kappa shape index (κ3) is 7.41. The van der Waals surface area contributed by atoms with Gasteiger partial charge in [-0.2, -0.15) is 0 Å². The molecule has 2 aromatic rings. The second kappa shape index (κ2) is 12.7. The molecule has 0 saturated heterocycles. The molecule has 1 heterocycles. The number of aromatic nitrogens is 2. The Morgan fingerprint density at radius 3 is 2.10 bits per heavy atom. The summed E-state index contributed by atoms with van der Waals surface area (Å²) < 4.78 is 5.37. The average Bonchev–Trinajstić information content (AvgIpc) is 2.79. The first-order valence-corrected chi connectivity index (χ1v) is 12.3. The molecular weight excluding hydrogens is 368 g/mol. The fraction of sp³-hybridized carbons (Fsp3) is 0.630. The van der Waals surface area contributed by atoms with Crippen LogP contribution < -0.4 is 4.74 Å². The van der Waals surface area contributed by atoms with Crippen LogP contribution in [0.2, 0.25) is 0 Å². The van der Waals surface area contributed by atoms with Crippen molar-refractivity contribution in [2.75, 3.05) is 6.61 Å². The van der Waals surface area contributed by atoms with E-state index in [-0.39, 0.29) is 0 Å². The number of ether oxygens (including phenoxy) is 1. The number of benzene rings is 1. The van der Waals surface area contributed by atoms with Crippen molar-refractivity contribution in [3.05, 3.63) is 42.0 Å². The molecule has 0 bridgehead atoms. The Kier molecular flexibility index (Phi) is 9.66. The molecule has 0 spiro atoms. The van der Waals surface area contributed by atoms with Crippen molar-refractivity contribution in [3.63, 3.8) is 0 Å². The molecule has 1 aliphatic carbocycles. The van der Waals surface area contributed by atoms with Crippen molar-refractivity contribution in [1.29, 1.82) is 0 Å². The molecule has 30 heavy (non-hydrogen) atoms. The second-order valence-electron chi connectivity index (χ2n) is 9.02. The van der Waals surface area contributed by atoms with Gasteiger partial charge in [0.2, 0.25) is 5.88 Å². The summed E-state index contributed by atoms with van der Waals surface area (Å²) in [6.45, 7) is 4.87. The van der Waals surface area contributed by atoms with E-state index in [2.05, 4.69) is 41.4 Å². The summed E-state index contributed by atoms with van der Waals surface area (Å²) in [4.78, 5) is 0. The SMILES string of the molecule is CCCCCCCC1CCC(CCc2ccc(-c3ccc(OCC)nn3)cc2)CC1. The van der Waals surface area contributed by atoms with Crippen molar-refractivity contribution in [2.24, 2.45) is 11.8 Å². The van der Waals surface area contributed by atoms with E-state index in [1.807, 2.05) is 19.1 Å². The number of nitrogens with zero attached hydrogens (tertiary/aromatic N) is 2. The van der Waals surface area contributed by atoms with Crippen LogP contribution in [0.4, 0.5) is 0 Å². The third-order valence-corrected chi connectivity index (χ3v) is 6.71. The van der Waals surface area contributed by atoms with Gasteiger partial charge in [-0.3, -0.25) is 0 Å². The van der Waals surface area contributed by atoms with E-state index in [1.54, 1.807) is 0 Å². The Labute approximate surface area is 183 Å². The number of rotatable bonds is 12. The van der Waals surface area contributed by atoms with Gasteiger partial charge < -0.3 is 4.74 Å². The second-order valence-corrected chi connectivity index (χ2v) is 9.02. The van der Waals surface area contributed by atoms with Gasteiger partial charge in [-0.1, -0.05) is 95.4 Å². The third-order valence-electron chi connectivity index (χ3n) is 6.71. The number of unbranched alkanes of at least 4 members (excludes halogenated alkanes) is 4. The van der Waals surface area contributed by atoms with Crippen LogP contribution in [0.1, 0.15) is 90.0 Å². The molecule has 3 rings (SSSR count). The molecular formula is C27H40N2O. The highest BCUT2D eigenvalue weighted by molar-refractivity contribution is 5.59. The van der Waals surface area contributed by atoms with Gasteiger partial charge >= 0.3 is 0 Å². The van der Waals surface area contributed by atoms with E-state index in [0.29, 0.717) is 12.5 Å². The van der Waals surface area contributed by atoms with Gasteiger partial charge in [0.15, 0.2) is 0 Å². The lowest BCUT2D eigenvalue weighted by Crippen LogP contribution is -2.15. The Hall–Kier alpha value is -1.90. The quantitative estimate of drug-likeness (QED) is 0.338. The van der Waals surface area contributed by atoms with E-state index in [4.69, 9.17) is 4.74 Å². The summed E-state index contributed by atoms with van der Waals surface area (Å²) in [5, 5.41) is 8.41. The van der Waals surface area contributed by atoms with E-state index in [0.717, 1.165) is 23.1 Å². The highest BCUT2D eigenvalue weighted by Gasteiger charge is 2.20. The molecule has 164 valence electrons. The monoisotopic (exact) mass is 408 g/mol. The van der Waals surface area contributed by atoms with E-state index >= 15 is 0 Å². The molecule has 1 aromatic heterocycles. The first kappa shape index (κ1) is 22.8. The van der Waals surface area contributed by atoms with Crippen LogP contribution in [0.5, 0.6) is 5.88 Å². The molecule has 0 atom stereocenters. The maximum Gasteiger partial charge on any atom is 0.233 e. The van der Waals surface area contributed by atoms with Gasteiger partial charge in [-0.25, -0.2) is 0 Å². The molecule has 0 radical (unpaired) electrons. The van der Waals surface area contributed by atoms with Crippen molar-refractivity contribution >= 4 is 0 Å². The van der Waals surface area contributed by atoms with Crippen LogP contribution in [0.25, 0.3) is 11.3 Å². The van der Waals surface area contributed by atoms with Gasteiger partial charge in [0.25, 0.3) is 0 Å². The average molecular weight is 409 g/mol. The molecule has 3 nitrogen and oxygen atoms in total. The number of aryl methyl sites for hydroxylation is 1.